The van der Waals surface area contributed by atoms with Gasteiger partial charge < -0.3 is 5.73 Å². The Balaban J connectivity index is 2.41. The minimum Gasteiger partial charge on any atom is -0.330 e. The first-order valence-corrected chi connectivity index (χ1v) is 7.62. The third kappa shape index (κ3) is 2.68. The molecule has 0 atom stereocenters. The van der Waals surface area contributed by atoms with Crippen molar-refractivity contribution in [3.05, 3.63) is 45.2 Å². The normalized spacial score (nSPS) is 11.8. The molecule has 18 heavy (non-hydrogen) atoms. The Bertz CT molecular complexity index is 557. The summed E-state index contributed by atoms with van der Waals surface area (Å²) in [4.78, 5) is 2.67. The monoisotopic (exact) mass is 323 g/mol. The van der Waals surface area contributed by atoms with Crippen LogP contribution in [0.2, 0.25) is 0 Å². The molecule has 0 saturated heterocycles. The molecule has 2 aromatic rings. The topological polar surface area (TPSA) is 26.0 Å². The van der Waals surface area contributed by atoms with Crippen molar-refractivity contribution in [3.63, 3.8) is 0 Å². The molecule has 0 amide bonds. The fourth-order valence-corrected chi connectivity index (χ4v) is 3.53. The van der Waals surface area contributed by atoms with Gasteiger partial charge in [0.2, 0.25) is 0 Å². The third-order valence-electron chi connectivity index (χ3n) is 3.24. The number of thiophene rings is 1. The fourth-order valence-electron chi connectivity index (χ4n) is 1.85. The maximum atomic E-state index is 5.84. The maximum Gasteiger partial charge on any atom is 0.0348 e. The summed E-state index contributed by atoms with van der Waals surface area (Å²) in [5.41, 5.74) is 8.50. The average Bonchev–Trinajstić information content (AvgIpc) is 2.79. The van der Waals surface area contributed by atoms with E-state index in [0.717, 1.165) is 4.47 Å². The summed E-state index contributed by atoms with van der Waals surface area (Å²) >= 11 is 5.35. The molecule has 0 fully saturated rings. The van der Waals surface area contributed by atoms with E-state index < -0.39 is 0 Å². The summed E-state index contributed by atoms with van der Waals surface area (Å²) in [6, 6.07) is 10.8. The first kappa shape index (κ1) is 13.8. The zero-order valence-electron chi connectivity index (χ0n) is 11.0. The third-order valence-corrected chi connectivity index (χ3v) is 5.21. The molecule has 2 N–H and O–H groups in total. The van der Waals surface area contributed by atoms with Crippen LogP contribution in [0.15, 0.2) is 34.8 Å². The van der Waals surface area contributed by atoms with E-state index in [1.807, 2.05) is 11.3 Å². The second kappa shape index (κ2) is 5.16. The Labute approximate surface area is 121 Å². The number of benzene rings is 1. The molecule has 1 nitrogen and oxygen atoms in total. The van der Waals surface area contributed by atoms with Crippen LogP contribution in [-0.4, -0.2) is 6.54 Å². The van der Waals surface area contributed by atoms with Crippen molar-refractivity contribution in [2.24, 2.45) is 5.73 Å². The van der Waals surface area contributed by atoms with Gasteiger partial charge >= 0.3 is 0 Å². The van der Waals surface area contributed by atoms with E-state index in [1.54, 1.807) is 0 Å². The molecule has 1 aromatic heterocycles. The second-order valence-corrected chi connectivity index (χ2v) is 7.21. The SMILES string of the molecule is Cc1cc(Br)ccc1-c1ccc(C(C)(C)CN)s1. The van der Waals surface area contributed by atoms with Gasteiger partial charge in [-0.15, -0.1) is 11.3 Å². The summed E-state index contributed by atoms with van der Waals surface area (Å²) in [6.07, 6.45) is 0. The Morgan fingerprint density at radius 1 is 1.22 bits per heavy atom. The molecule has 0 aliphatic carbocycles. The van der Waals surface area contributed by atoms with Gasteiger partial charge in [0.1, 0.15) is 0 Å². The second-order valence-electron chi connectivity index (χ2n) is 5.21. The minimum absolute atomic E-state index is 0.0617. The zero-order valence-corrected chi connectivity index (χ0v) is 13.4. The molecular weight excluding hydrogens is 306 g/mol. The van der Waals surface area contributed by atoms with Gasteiger partial charge in [-0.3, -0.25) is 0 Å². The number of rotatable bonds is 3. The molecule has 1 aromatic carbocycles. The summed E-state index contributed by atoms with van der Waals surface area (Å²) in [6.45, 7) is 7.20. The van der Waals surface area contributed by atoms with E-state index in [4.69, 9.17) is 5.73 Å². The highest BCUT2D eigenvalue weighted by molar-refractivity contribution is 9.10. The summed E-state index contributed by atoms with van der Waals surface area (Å²) in [5, 5.41) is 0. The van der Waals surface area contributed by atoms with Gasteiger partial charge in [0, 0.05) is 26.2 Å². The lowest BCUT2D eigenvalue weighted by Gasteiger charge is -2.20. The lowest BCUT2D eigenvalue weighted by atomic mass is 9.92. The van der Waals surface area contributed by atoms with E-state index in [2.05, 4.69) is 67.0 Å². The van der Waals surface area contributed by atoms with Crippen molar-refractivity contribution in [1.29, 1.82) is 0 Å². The number of hydrogen-bond donors (Lipinski definition) is 1. The summed E-state index contributed by atoms with van der Waals surface area (Å²) in [5.74, 6) is 0. The van der Waals surface area contributed by atoms with Crippen LogP contribution in [0.5, 0.6) is 0 Å². The summed E-state index contributed by atoms with van der Waals surface area (Å²) in [7, 11) is 0. The van der Waals surface area contributed by atoms with Crippen LogP contribution < -0.4 is 5.73 Å². The van der Waals surface area contributed by atoms with Gasteiger partial charge in [-0.2, -0.15) is 0 Å². The summed E-state index contributed by atoms with van der Waals surface area (Å²) < 4.78 is 1.13. The molecule has 0 unspecified atom stereocenters. The van der Waals surface area contributed by atoms with Crippen molar-refractivity contribution >= 4 is 27.3 Å². The molecule has 96 valence electrons. The van der Waals surface area contributed by atoms with Crippen LogP contribution in [-0.2, 0) is 5.41 Å². The van der Waals surface area contributed by atoms with Crippen LogP contribution in [0.3, 0.4) is 0 Å². The van der Waals surface area contributed by atoms with Gasteiger partial charge in [0.15, 0.2) is 0 Å². The van der Waals surface area contributed by atoms with Crippen LogP contribution in [0.25, 0.3) is 10.4 Å². The van der Waals surface area contributed by atoms with E-state index >= 15 is 0 Å². The quantitative estimate of drug-likeness (QED) is 0.868. The highest BCUT2D eigenvalue weighted by Gasteiger charge is 2.21. The Kier molecular flexibility index (Phi) is 3.95. The predicted octanol–water partition coefficient (Wildman–Crippen LogP) is 4.72. The van der Waals surface area contributed by atoms with Crippen LogP contribution in [0.4, 0.5) is 0 Å². The van der Waals surface area contributed by atoms with Gasteiger partial charge in [0.05, 0.1) is 0 Å². The van der Waals surface area contributed by atoms with Crippen molar-refractivity contribution < 1.29 is 0 Å². The number of aryl methyl sites for hydroxylation is 1. The van der Waals surface area contributed by atoms with Crippen molar-refractivity contribution in [1.82, 2.24) is 0 Å². The first-order valence-electron chi connectivity index (χ1n) is 6.01. The number of nitrogens with two attached hydrogens (primary N) is 1. The molecule has 0 saturated carbocycles. The van der Waals surface area contributed by atoms with Crippen molar-refractivity contribution in [2.75, 3.05) is 6.54 Å². The molecule has 2 rings (SSSR count). The van der Waals surface area contributed by atoms with Crippen molar-refractivity contribution in [2.45, 2.75) is 26.2 Å². The van der Waals surface area contributed by atoms with Gasteiger partial charge in [-0.05, 0) is 42.3 Å². The van der Waals surface area contributed by atoms with Crippen LogP contribution in [0, 0.1) is 6.92 Å². The molecule has 0 radical (unpaired) electrons. The van der Waals surface area contributed by atoms with E-state index in [9.17, 15) is 0 Å². The number of hydrogen-bond acceptors (Lipinski definition) is 2. The zero-order chi connectivity index (χ0) is 13.3. The smallest absolute Gasteiger partial charge is 0.0348 e. The highest BCUT2D eigenvalue weighted by Crippen LogP contribution is 2.36. The molecule has 1 heterocycles. The largest absolute Gasteiger partial charge is 0.330 e. The Hall–Kier alpha value is -0.640. The standard InChI is InChI=1S/C15H18BrNS/c1-10-8-11(16)4-5-12(10)13-6-7-14(18-13)15(2,3)9-17/h4-8H,9,17H2,1-3H3. The maximum absolute atomic E-state index is 5.84. The van der Waals surface area contributed by atoms with E-state index in [-0.39, 0.29) is 5.41 Å². The van der Waals surface area contributed by atoms with Gasteiger partial charge in [-0.25, -0.2) is 0 Å². The van der Waals surface area contributed by atoms with Gasteiger partial charge in [-0.1, -0.05) is 35.8 Å². The van der Waals surface area contributed by atoms with Crippen LogP contribution >= 0.6 is 27.3 Å². The Morgan fingerprint density at radius 2 is 1.94 bits per heavy atom. The molecular formula is C15H18BrNS. The molecule has 3 heteroatoms. The minimum atomic E-state index is 0.0617. The predicted molar refractivity (Wildman–Crippen MR) is 84.3 cm³/mol. The Morgan fingerprint density at radius 3 is 2.56 bits per heavy atom. The average molecular weight is 324 g/mol. The van der Waals surface area contributed by atoms with Crippen LogP contribution in [0.1, 0.15) is 24.3 Å². The fraction of sp³-hybridized carbons (Fsp3) is 0.333. The lowest BCUT2D eigenvalue weighted by molar-refractivity contribution is 0.550. The molecule has 0 aliphatic heterocycles. The number of halogens is 1. The van der Waals surface area contributed by atoms with E-state index in [1.165, 1.54) is 20.9 Å². The first-order chi connectivity index (χ1) is 8.44. The molecule has 0 bridgehead atoms. The van der Waals surface area contributed by atoms with Gasteiger partial charge in [0.25, 0.3) is 0 Å². The lowest BCUT2D eigenvalue weighted by Crippen LogP contribution is -2.26. The molecule has 0 aliphatic rings. The van der Waals surface area contributed by atoms with E-state index in [0.29, 0.717) is 6.54 Å². The highest BCUT2D eigenvalue weighted by atomic mass is 79.9. The van der Waals surface area contributed by atoms with Crippen molar-refractivity contribution in [3.8, 4) is 10.4 Å². The molecule has 0 spiro atoms.